The lowest BCUT2D eigenvalue weighted by Gasteiger charge is -2.21. The van der Waals surface area contributed by atoms with E-state index >= 15 is 0 Å². The Balaban J connectivity index is 2.38. The van der Waals surface area contributed by atoms with Gasteiger partial charge in [-0.1, -0.05) is 6.92 Å². The van der Waals surface area contributed by atoms with Gasteiger partial charge >= 0.3 is 0 Å². The number of thiophene rings is 1. The summed E-state index contributed by atoms with van der Waals surface area (Å²) >= 11 is 1.40. The Morgan fingerprint density at radius 2 is 2.00 bits per heavy atom. The first-order chi connectivity index (χ1) is 10.0. The lowest BCUT2D eigenvalue weighted by Crippen LogP contribution is -2.31. The van der Waals surface area contributed by atoms with Crippen LogP contribution in [0.4, 0.5) is 0 Å². The van der Waals surface area contributed by atoms with Crippen LogP contribution in [0.1, 0.15) is 22.9 Å². The molecule has 0 aromatic carbocycles. The molecule has 114 valence electrons. The summed E-state index contributed by atoms with van der Waals surface area (Å²) in [6, 6.07) is 3.64. The first kappa shape index (κ1) is 16.1. The zero-order valence-corrected chi connectivity index (χ0v) is 13.7. The standard InChI is InChI=1S/C14H19N3O2S2/c1-3-17(9-12-4-6-16-7-5-12)21(18,19)14-11(2)10-20-13(14)8-15/h4-7,10H,3,8-9,15H2,1-2H3. The summed E-state index contributed by atoms with van der Waals surface area (Å²) in [5.74, 6) is 0. The fraction of sp³-hybridized carbons (Fsp3) is 0.357. The number of hydrogen-bond acceptors (Lipinski definition) is 5. The SMILES string of the molecule is CCN(Cc1ccncc1)S(=O)(=O)c1c(C)csc1CN. The average Bonchev–Trinajstić information content (AvgIpc) is 2.87. The molecule has 0 bridgehead atoms. The molecule has 0 saturated carbocycles. The van der Waals surface area contributed by atoms with Gasteiger partial charge in [0.1, 0.15) is 4.90 Å². The van der Waals surface area contributed by atoms with Crippen LogP contribution in [0.5, 0.6) is 0 Å². The molecule has 0 spiro atoms. The number of nitrogens with zero attached hydrogens (tertiary/aromatic N) is 2. The summed E-state index contributed by atoms with van der Waals surface area (Å²) in [7, 11) is -3.54. The molecule has 2 rings (SSSR count). The van der Waals surface area contributed by atoms with Crippen molar-refractivity contribution in [2.24, 2.45) is 5.73 Å². The zero-order chi connectivity index (χ0) is 15.5. The highest BCUT2D eigenvalue weighted by Gasteiger charge is 2.28. The fourth-order valence-electron chi connectivity index (χ4n) is 2.16. The Kier molecular flexibility index (Phi) is 5.10. The number of pyridine rings is 1. The highest BCUT2D eigenvalue weighted by molar-refractivity contribution is 7.89. The van der Waals surface area contributed by atoms with Gasteiger partial charge in [0.25, 0.3) is 0 Å². The number of rotatable bonds is 6. The van der Waals surface area contributed by atoms with Crippen LogP contribution in [-0.4, -0.2) is 24.3 Å². The van der Waals surface area contributed by atoms with E-state index in [9.17, 15) is 8.42 Å². The first-order valence-corrected chi connectivity index (χ1v) is 8.98. The van der Waals surface area contributed by atoms with Gasteiger partial charge < -0.3 is 5.73 Å². The molecule has 2 N–H and O–H groups in total. The maximum atomic E-state index is 12.9. The second-order valence-corrected chi connectivity index (χ2v) is 7.50. The lowest BCUT2D eigenvalue weighted by molar-refractivity contribution is 0.422. The van der Waals surface area contributed by atoms with Crippen molar-refractivity contribution in [3.8, 4) is 0 Å². The van der Waals surface area contributed by atoms with Crippen LogP contribution in [0, 0.1) is 6.92 Å². The van der Waals surface area contributed by atoms with Crippen molar-refractivity contribution in [3.05, 3.63) is 45.9 Å². The van der Waals surface area contributed by atoms with E-state index in [4.69, 9.17) is 5.73 Å². The summed E-state index contributed by atoms with van der Waals surface area (Å²) in [6.07, 6.45) is 3.33. The lowest BCUT2D eigenvalue weighted by atomic mass is 10.3. The Morgan fingerprint density at radius 1 is 1.33 bits per heavy atom. The van der Waals surface area contributed by atoms with E-state index in [1.165, 1.54) is 15.6 Å². The Bertz CT molecular complexity index is 696. The minimum Gasteiger partial charge on any atom is -0.326 e. The number of aryl methyl sites for hydroxylation is 1. The van der Waals surface area contributed by atoms with Crippen molar-refractivity contribution in [2.75, 3.05) is 6.54 Å². The van der Waals surface area contributed by atoms with Crippen LogP contribution in [0.15, 0.2) is 34.8 Å². The third-order valence-corrected chi connectivity index (χ3v) is 6.64. The molecule has 21 heavy (non-hydrogen) atoms. The monoisotopic (exact) mass is 325 g/mol. The predicted octanol–water partition coefficient (Wildman–Crippen LogP) is 2.12. The maximum Gasteiger partial charge on any atom is 0.244 e. The molecule has 0 aliphatic carbocycles. The molecular weight excluding hydrogens is 306 g/mol. The van der Waals surface area contributed by atoms with E-state index in [2.05, 4.69) is 4.98 Å². The van der Waals surface area contributed by atoms with Crippen LogP contribution in [0.3, 0.4) is 0 Å². The van der Waals surface area contributed by atoms with E-state index in [1.807, 2.05) is 31.4 Å². The third-order valence-electron chi connectivity index (χ3n) is 3.23. The normalized spacial score (nSPS) is 12.0. The van der Waals surface area contributed by atoms with E-state index in [1.54, 1.807) is 12.4 Å². The highest BCUT2D eigenvalue weighted by atomic mass is 32.2. The van der Waals surface area contributed by atoms with E-state index in [0.717, 1.165) is 11.1 Å². The van der Waals surface area contributed by atoms with Crippen molar-refractivity contribution >= 4 is 21.4 Å². The fourth-order valence-corrected chi connectivity index (χ4v) is 5.25. The molecule has 2 heterocycles. The Labute approximate surface area is 129 Å². The van der Waals surface area contributed by atoms with Gasteiger partial charge in [0.2, 0.25) is 10.0 Å². The number of hydrogen-bond donors (Lipinski definition) is 1. The van der Waals surface area contributed by atoms with Gasteiger partial charge in [-0.25, -0.2) is 8.42 Å². The predicted molar refractivity (Wildman–Crippen MR) is 84.5 cm³/mol. The van der Waals surface area contributed by atoms with Crippen molar-refractivity contribution < 1.29 is 8.42 Å². The summed E-state index contributed by atoms with van der Waals surface area (Å²) in [5.41, 5.74) is 7.35. The van der Waals surface area contributed by atoms with E-state index in [-0.39, 0.29) is 6.54 Å². The molecule has 0 aliphatic heterocycles. The molecule has 2 aromatic heterocycles. The summed E-state index contributed by atoms with van der Waals surface area (Å²) in [5, 5.41) is 1.84. The van der Waals surface area contributed by atoms with Gasteiger partial charge in [-0.2, -0.15) is 4.31 Å². The molecule has 0 saturated heterocycles. The minimum atomic E-state index is -3.54. The number of nitrogens with two attached hydrogens (primary N) is 1. The van der Waals surface area contributed by atoms with Gasteiger partial charge in [-0.15, -0.1) is 11.3 Å². The van der Waals surface area contributed by atoms with Crippen LogP contribution in [0.2, 0.25) is 0 Å². The summed E-state index contributed by atoms with van der Waals surface area (Å²) in [6.45, 7) is 4.62. The zero-order valence-electron chi connectivity index (χ0n) is 12.1. The molecule has 0 radical (unpaired) electrons. The van der Waals surface area contributed by atoms with Crippen molar-refractivity contribution in [1.82, 2.24) is 9.29 Å². The summed E-state index contributed by atoms with van der Waals surface area (Å²) in [4.78, 5) is 5.02. The largest absolute Gasteiger partial charge is 0.326 e. The second-order valence-electron chi connectivity index (χ2n) is 4.66. The summed E-state index contributed by atoms with van der Waals surface area (Å²) < 4.78 is 27.3. The Hall–Kier alpha value is -1.28. The van der Waals surface area contributed by atoms with Crippen LogP contribution < -0.4 is 5.73 Å². The van der Waals surface area contributed by atoms with Gasteiger partial charge in [0.15, 0.2) is 0 Å². The van der Waals surface area contributed by atoms with Crippen LogP contribution >= 0.6 is 11.3 Å². The first-order valence-electron chi connectivity index (χ1n) is 6.66. The second kappa shape index (κ2) is 6.65. The molecule has 2 aromatic rings. The molecule has 5 nitrogen and oxygen atoms in total. The molecule has 0 amide bonds. The number of sulfonamides is 1. The molecule has 0 fully saturated rings. The van der Waals surface area contributed by atoms with E-state index in [0.29, 0.717) is 22.9 Å². The third kappa shape index (κ3) is 3.32. The van der Waals surface area contributed by atoms with Gasteiger partial charge in [0, 0.05) is 36.9 Å². The van der Waals surface area contributed by atoms with Crippen molar-refractivity contribution in [3.63, 3.8) is 0 Å². The number of aromatic nitrogens is 1. The molecule has 0 aliphatic rings. The van der Waals surface area contributed by atoms with E-state index < -0.39 is 10.0 Å². The smallest absolute Gasteiger partial charge is 0.244 e. The Morgan fingerprint density at radius 3 is 2.57 bits per heavy atom. The van der Waals surface area contributed by atoms with Crippen molar-refractivity contribution in [2.45, 2.75) is 31.8 Å². The quantitative estimate of drug-likeness (QED) is 0.882. The molecular formula is C14H19N3O2S2. The minimum absolute atomic E-state index is 0.236. The van der Waals surface area contributed by atoms with Crippen LogP contribution in [0.25, 0.3) is 0 Å². The average molecular weight is 325 g/mol. The molecule has 0 unspecified atom stereocenters. The van der Waals surface area contributed by atoms with Gasteiger partial charge in [0.05, 0.1) is 0 Å². The maximum absolute atomic E-state index is 12.9. The topological polar surface area (TPSA) is 76.3 Å². The van der Waals surface area contributed by atoms with Gasteiger partial charge in [-0.05, 0) is 35.6 Å². The molecule has 7 heteroatoms. The van der Waals surface area contributed by atoms with Gasteiger partial charge in [-0.3, -0.25) is 4.98 Å². The molecule has 0 atom stereocenters. The highest BCUT2D eigenvalue weighted by Crippen LogP contribution is 2.29. The van der Waals surface area contributed by atoms with Crippen LogP contribution in [-0.2, 0) is 23.1 Å². The van der Waals surface area contributed by atoms with Crippen molar-refractivity contribution in [1.29, 1.82) is 0 Å².